The lowest BCUT2D eigenvalue weighted by atomic mass is 10.0. The molecule has 0 aliphatic rings. The van der Waals surface area contributed by atoms with Crippen molar-refractivity contribution >= 4 is 33.3 Å². The van der Waals surface area contributed by atoms with Gasteiger partial charge >= 0.3 is 0 Å². The van der Waals surface area contributed by atoms with Gasteiger partial charge in [-0.15, -0.1) is 0 Å². The number of ether oxygens (including phenoxy) is 1. The van der Waals surface area contributed by atoms with E-state index >= 15 is 0 Å². The van der Waals surface area contributed by atoms with E-state index in [1.165, 1.54) is 0 Å². The minimum Gasteiger partial charge on any atom is -0.494 e. The second-order valence-corrected chi connectivity index (χ2v) is 5.57. The highest BCUT2D eigenvalue weighted by atomic mass is 79.9. The van der Waals surface area contributed by atoms with E-state index in [0.717, 1.165) is 11.3 Å². The molecule has 4 heteroatoms. The molecular weight excluding hydrogens is 340 g/mol. The first kappa shape index (κ1) is 15.1. The first-order chi connectivity index (χ1) is 9.54. The summed E-state index contributed by atoms with van der Waals surface area (Å²) in [7, 11) is 0. The zero-order chi connectivity index (χ0) is 14.7. The van der Waals surface area contributed by atoms with Crippen LogP contribution >= 0.6 is 27.5 Å². The quantitative estimate of drug-likeness (QED) is 0.720. The highest BCUT2D eigenvalue weighted by Crippen LogP contribution is 2.28. The molecule has 0 radical (unpaired) electrons. The summed E-state index contributed by atoms with van der Waals surface area (Å²) >= 11 is 9.62. The van der Waals surface area contributed by atoms with Crippen molar-refractivity contribution in [3.8, 4) is 5.75 Å². The number of rotatable bonds is 4. The van der Waals surface area contributed by atoms with Crippen molar-refractivity contribution in [3.05, 3.63) is 62.6 Å². The molecule has 0 fully saturated rings. The Bertz CT molecular complexity index is 653. The topological polar surface area (TPSA) is 26.3 Å². The van der Waals surface area contributed by atoms with E-state index in [1.807, 2.05) is 26.0 Å². The average molecular weight is 354 g/mol. The molecule has 0 aliphatic heterocycles. The van der Waals surface area contributed by atoms with E-state index in [9.17, 15) is 4.79 Å². The second kappa shape index (κ2) is 6.42. The molecular formula is C16H14BrClO2. The van der Waals surface area contributed by atoms with Crippen molar-refractivity contribution in [1.29, 1.82) is 0 Å². The molecule has 2 rings (SSSR count). The number of carbonyl (C=O) groups is 1. The van der Waals surface area contributed by atoms with Crippen LogP contribution in [0.4, 0.5) is 0 Å². The van der Waals surface area contributed by atoms with Gasteiger partial charge in [-0.05, 0) is 59.6 Å². The number of ketones is 1. The highest BCUT2D eigenvalue weighted by Gasteiger charge is 2.17. The number of benzene rings is 2. The summed E-state index contributed by atoms with van der Waals surface area (Å²) in [6, 6.07) is 10.8. The fraction of sp³-hybridized carbons (Fsp3) is 0.188. The van der Waals surface area contributed by atoms with Crippen molar-refractivity contribution in [1.82, 2.24) is 0 Å². The van der Waals surface area contributed by atoms with Crippen molar-refractivity contribution in [2.24, 2.45) is 0 Å². The monoisotopic (exact) mass is 352 g/mol. The van der Waals surface area contributed by atoms with Gasteiger partial charge in [0.15, 0.2) is 5.78 Å². The van der Waals surface area contributed by atoms with Gasteiger partial charge < -0.3 is 4.74 Å². The molecule has 0 bridgehead atoms. The fourth-order valence-electron chi connectivity index (χ4n) is 1.90. The van der Waals surface area contributed by atoms with E-state index < -0.39 is 0 Å². The summed E-state index contributed by atoms with van der Waals surface area (Å²) in [5.74, 6) is 0.625. The Morgan fingerprint density at radius 2 is 2.00 bits per heavy atom. The lowest BCUT2D eigenvalue weighted by molar-refractivity contribution is 0.103. The minimum absolute atomic E-state index is 0.103. The molecule has 2 aromatic rings. The van der Waals surface area contributed by atoms with Gasteiger partial charge in [0.25, 0.3) is 0 Å². The molecule has 0 unspecified atom stereocenters. The van der Waals surface area contributed by atoms with Crippen LogP contribution in [-0.2, 0) is 0 Å². The fourth-order valence-corrected chi connectivity index (χ4v) is 2.65. The van der Waals surface area contributed by atoms with E-state index in [2.05, 4.69) is 15.9 Å². The Labute approximate surface area is 131 Å². The van der Waals surface area contributed by atoms with Gasteiger partial charge in [0, 0.05) is 15.6 Å². The van der Waals surface area contributed by atoms with Gasteiger partial charge in [0.2, 0.25) is 0 Å². The maximum absolute atomic E-state index is 12.6. The van der Waals surface area contributed by atoms with Crippen molar-refractivity contribution in [2.45, 2.75) is 13.8 Å². The van der Waals surface area contributed by atoms with Gasteiger partial charge in [-0.3, -0.25) is 4.79 Å². The Morgan fingerprint density at radius 1 is 1.25 bits per heavy atom. The Hall–Kier alpha value is -1.32. The van der Waals surface area contributed by atoms with Crippen molar-refractivity contribution in [2.75, 3.05) is 6.61 Å². The lowest BCUT2D eigenvalue weighted by Gasteiger charge is -2.09. The summed E-state index contributed by atoms with van der Waals surface area (Å²) in [4.78, 5) is 12.6. The summed E-state index contributed by atoms with van der Waals surface area (Å²) in [5.41, 5.74) is 1.97. The van der Waals surface area contributed by atoms with Gasteiger partial charge in [-0.2, -0.15) is 0 Å². The van der Waals surface area contributed by atoms with Crippen molar-refractivity contribution < 1.29 is 9.53 Å². The third-order valence-electron chi connectivity index (χ3n) is 2.93. The predicted molar refractivity (Wildman–Crippen MR) is 84.9 cm³/mol. The summed E-state index contributed by atoms with van der Waals surface area (Å²) < 4.78 is 6.10. The summed E-state index contributed by atoms with van der Waals surface area (Å²) in [6.45, 7) is 4.38. The standard InChI is InChI=1S/C16H14BrClO2/c1-3-20-11-7-8-12(14(17)9-11)16(19)13-6-4-5-10(2)15(13)18/h4-9H,3H2,1-2H3. The molecule has 0 N–H and O–H groups in total. The Morgan fingerprint density at radius 3 is 2.65 bits per heavy atom. The molecule has 2 aromatic carbocycles. The van der Waals surface area contributed by atoms with Crippen LogP contribution in [-0.4, -0.2) is 12.4 Å². The summed E-state index contributed by atoms with van der Waals surface area (Å²) in [5, 5.41) is 0.498. The van der Waals surface area contributed by atoms with Crippen LogP contribution in [0.5, 0.6) is 5.75 Å². The van der Waals surface area contributed by atoms with Gasteiger partial charge in [0.1, 0.15) is 5.75 Å². The lowest BCUT2D eigenvalue weighted by Crippen LogP contribution is -2.04. The van der Waals surface area contributed by atoms with Crippen LogP contribution < -0.4 is 4.74 Å². The van der Waals surface area contributed by atoms with Crippen LogP contribution in [0.25, 0.3) is 0 Å². The Kier molecular flexibility index (Phi) is 4.84. The first-order valence-electron chi connectivity index (χ1n) is 6.26. The van der Waals surface area contributed by atoms with Crippen molar-refractivity contribution in [3.63, 3.8) is 0 Å². The zero-order valence-corrected chi connectivity index (χ0v) is 13.6. The molecule has 0 spiro atoms. The smallest absolute Gasteiger partial charge is 0.195 e. The molecule has 0 aromatic heterocycles. The number of halogens is 2. The van der Waals surface area contributed by atoms with E-state index in [0.29, 0.717) is 27.2 Å². The third kappa shape index (κ3) is 3.05. The number of aryl methyl sites for hydroxylation is 1. The predicted octanol–water partition coefficient (Wildman–Crippen LogP) is 5.04. The van der Waals surface area contributed by atoms with E-state index in [4.69, 9.17) is 16.3 Å². The molecule has 2 nitrogen and oxygen atoms in total. The molecule has 0 saturated carbocycles. The van der Waals surface area contributed by atoms with Gasteiger partial charge in [0.05, 0.1) is 11.6 Å². The van der Waals surface area contributed by atoms with Gasteiger partial charge in [-0.25, -0.2) is 0 Å². The molecule has 0 heterocycles. The average Bonchev–Trinajstić information content (AvgIpc) is 2.42. The number of hydrogen-bond acceptors (Lipinski definition) is 2. The highest BCUT2D eigenvalue weighted by molar-refractivity contribution is 9.10. The zero-order valence-electron chi connectivity index (χ0n) is 11.2. The third-order valence-corrected chi connectivity index (χ3v) is 4.09. The summed E-state index contributed by atoms with van der Waals surface area (Å²) in [6.07, 6.45) is 0. The van der Waals surface area contributed by atoms with Crippen LogP contribution in [0.15, 0.2) is 40.9 Å². The van der Waals surface area contributed by atoms with E-state index in [-0.39, 0.29) is 5.78 Å². The van der Waals surface area contributed by atoms with Crippen LogP contribution in [0.2, 0.25) is 5.02 Å². The van der Waals surface area contributed by atoms with Crippen LogP contribution in [0, 0.1) is 6.92 Å². The van der Waals surface area contributed by atoms with Gasteiger partial charge in [-0.1, -0.05) is 23.7 Å². The normalized spacial score (nSPS) is 10.4. The maximum atomic E-state index is 12.6. The largest absolute Gasteiger partial charge is 0.494 e. The molecule has 0 amide bonds. The molecule has 104 valence electrons. The van der Waals surface area contributed by atoms with Crippen LogP contribution in [0.3, 0.4) is 0 Å². The molecule has 20 heavy (non-hydrogen) atoms. The molecule has 0 atom stereocenters. The maximum Gasteiger partial charge on any atom is 0.195 e. The second-order valence-electron chi connectivity index (χ2n) is 4.34. The molecule has 0 aliphatic carbocycles. The number of hydrogen-bond donors (Lipinski definition) is 0. The first-order valence-corrected chi connectivity index (χ1v) is 7.44. The van der Waals surface area contributed by atoms with Crippen LogP contribution in [0.1, 0.15) is 28.4 Å². The van der Waals surface area contributed by atoms with E-state index in [1.54, 1.807) is 24.3 Å². The molecule has 0 saturated heterocycles. The Balaban J connectivity index is 2.41. The minimum atomic E-state index is -0.103. The SMILES string of the molecule is CCOc1ccc(C(=O)c2cccc(C)c2Cl)c(Br)c1. The number of carbonyl (C=O) groups excluding carboxylic acids is 1.